The van der Waals surface area contributed by atoms with E-state index in [1.807, 2.05) is 0 Å². The first-order valence-corrected chi connectivity index (χ1v) is 12.3. The minimum Gasteiger partial charge on any atom is -0.489 e. The van der Waals surface area contributed by atoms with Gasteiger partial charge < -0.3 is 4.74 Å². The Morgan fingerprint density at radius 3 is 2.66 bits per heavy atom. The van der Waals surface area contributed by atoms with E-state index in [-0.39, 0.29) is 51.6 Å². The smallest absolute Gasteiger partial charge is 0.417 e. The molecule has 170 valence electrons. The molecule has 0 atom stereocenters. The summed E-state index contributed by atoms with van der Waals surface area (Å²) in [7, 11) is -3.67. The van der Waals surface area contributed by atoms with Gasteiger partial charge in [-0.1, -0.05) is 29.4 Å². The number of nitriles is 1. The maximum atomic E-state index is 14.0. The second-order valence-corrected chi connectivity index (χ2v) is 9.68. The van der Waals surface area contributed by atoms with E-state index in [2.05, 4.69) is 10.3 Å². The number of rotatable bonds is 3. The van der Waals surface area contributed by atoms with E-state index in [0.29, 0.717) is 0 Å². The van der Waals surface area contributed by atoms with Crippen LogP contribution < -0.4 is 14.4 Å². The molecule has 0 radical (unpaired) electrons. The Kier molecular flexibility index (Phi) is 6.83. The first-order chi connectivity index (χ1) is 15.0. The highest BCUT2D eigenvalue weighted by Crippen LogP contribution is 2.46. The van der Waals surface area contributed by atoms with E-state index >= 15 is 0 Å². The SMILES string of the molecule is CSC(=Nc1cc(Cl)c(-c2ccc3c(c2)N(S(C)(=O)=O)CCO3)c(C(F)(F)F)c1)NC#N. The van der Waals surface area contributed by atoms with Crippen LogP contribution in [0, 0.1) is 11.5 Å². The molecule has 0 aliphatic carbocycles. The number of nitrogens with one attached hydrogen (secondary N) is 1. The van der Waals surface area contributed by atoms with Gasteiger partial charge in [-0.2, -0.15) is 18.4 Å². The number of aliphatic imine (C=N–C) groups is 1. The van der Waals surface area contributed by atoms with E-state index in [0.717, 1.165) is 28.4 Å². The molecule has 13 heteroatoms. The zero-order chi connectivity index (χ0) is 23.7. The van der Waals surface area contributed by atoms with Crippen molar-refractivity contribution in [3.05, 3.63) is 40.9 Å². The molecule has 0 bridgehead atoms. The van der Waals surface area contributed by atoms with Gasteiger partial charge in [0.25, 0.3) is 0 Å². The van der Waals surface area contributed by atoms with Crippen LogP contribution in [-0.2, 0) is 16.2 Å². The van der Waals surface area contributed by atoms with Crippen LogP contribution in [0.15, 0.2) is 35.3 Å². The van der Waals surface area contributed by atoms with Crippen LogP contribution in [0.5, 0.6) is 5.75 Å². The third kappa shape index (κ3) is 5.06. The average Bonchev–Trinajstić information content (AvgIpc) is 2.70. The van der Waals surface area contributed by atoms with Crippen molar-refractivity contribution in [3.8, 4) is 23.1 Å². The molecule has 1 N–H and O–H groups in total. The van der Waals surface area contributed by atoms with Gasteiger partial charge in [0.1, 0.15) is 12.4 Å². The number of anilines is 1. The molecule has 0 unspecified atom stereocenters. The van der Waals surface area contributed by atoms with Crippen molar-refractivity contribution < 1.29 is 26.3 Å². The quantitative estimate of drug-likeness (QED) is 0.284. The predicted molar refractivity (Wildman–Crippen MR) is 119 cm³/mol. The Labute approximate surface area is 191 Å². The number of ether oxygens (including phenoxy) is 1. The molecule has 0 amide bonds. The van der Waals surface area contributed by atoms with Crippen LogP contribution >= 0.6 is 23.4 Å². The number of hydrogen-bond acceptors (Lipinski definition) is 6. The second kappa shape index (κ2) is 9.09. The molecule has 7 nitrogen and oxygen atoms in total. The van der Waals surface area contributed by atoms with Crippen molar-refractivity contribution in [1.82, 2.24) is 5.32 Å². The number of amidine groups is 1. The summed E-state index contributed by atoms with van der Waals surface area (Å²) in [6.07, 6.45) is -0.512. The van der Waals surface area contributed by atoms with Crippen LogP contribution in [-0.4, -0.2) is 39.2 Å². The minimum absolute atomic E-state index is 0.0339. The first-order valence-electron chi connectivity index (χ1n) is 8.89. The maximum absolute atomic E-state index is 14.0. The Morgan fingerprint density at radius 1 is 1.34 bits per heavy atom. The molecule has 0 saturated carbocycles. The summed E-state index contributed by atoms with van der Waals surface area (Å²) in [5.74, 6) is 0.239. The summed E-state index contributed by atoms with van der Waals surface area (Å²) in [6.45, 7) is 0.154. The van der Waals surface area contributed by atoms with Crippen LogP contribution in [0.3, 0.4) is 0 Å². The molecule has 2 aromatic carbocycles. The summed E-state index contributed by atoms with van der Waals surface area (Å²) in [6, 6.07) is 6.16. The van der Waals surface area contributed by atoms with Crippen LogP contribution in [0.2, 0.25) is 5.02 Å². The Bertz CT molecular complexity index is 1230. The molecule has 32 heavy (non-hydrogen) atoms. The Balaban J connectivity index is 2.22. The van der Waals surface area contributed by atoms with E-state index in [1.165, 1.54) is 24.3 Å². The van der Waals surface area contributed by atoms with Gasteiger partial charge in [-0.3, -0.25) is 9.62 Å². The van der Waals surface area contributed by atoms with Gasteiger partial charge in [-0.25, -0.2) is 13.4 Å². The summed E-state index contributed by atoms with van der Waals surface area (Å²) in [5, 5.41) is 10.9. The zero-order valence-corrected chi connectivity index (χ0v) is 19.1. The van der Waals surface area contributed by atoms with Crippen molar-refractivity contribution in [2.45, 2.75) is 6.18 Å². The molecule has 0 saturated heterocycles. The number of fused-ring (bicyclic) bond motifs is 1. The molecular weight excluding hydrogens is 489 g/mol. The van der Waals surface area contributed by atoms with Crippen LogP contribution in [0.4, 0.5) is 24.5 Å². The lowest BCUT2D eigenvalue weighted by atomic mass is 9.97. The highest BCUT2D eigenvalue weighted by atomic mass is 35.5. The summed E-state index contributed by atoms with van der Waals surface area (Å²) >= 11 is 7.31. The third-order valence-corrected chi connectivity index (χ3v) is 6.49. The number of alkyl halides is 3. The van der Waals surface area contributed by atoms with Crippen molar-refractivity contribution in [3.63, 3.8) is 0 Å². The number of hydrogen-bond donors (Lipinski definition) is 1. The van der Waals surface area contributed by atoms with Gasteiger partial charge in [-0.15, -0.1) is 0 Å². The van der Waals surface area contributed by atoms with Gasteiger partial charge in [0.2, 0.25) is 10.0 Å². The van der Waals surface area contributed by atoms with Gasteiger partial charge in [-0.05, 0) is 36.1 Å². The first kappa shape index (κ1) is 24.0. The monoisotopic (exact) mass is 504 g/mol. The van der Waals surface area contributed by atoms with Crippen molar-refractivity contribution in [1.29, 1.82) is 5.26 Å². The lowest BCUT2D eigenvalue weighted by Gasteiger charge is -2.30. The Hall–Kier alpha value is -2.62. The fraction of sp³-hybridized carbons (Fsp3) is 0.263. The third-order valence-electron chi connectivity index (χ3n) is 4.44. The molecule has 1 heterocycles. The normalized spacial score (nSPS) is 14.4. The van der Waals surface area contributed by atoms with E-state index in [9.17, 15) is 21.6 Å². The Morgan fingerprint density at radius 2 is 2.06 bits per heavy atom. The topological polar surface area (TPSA) is 94.8 Å². The molecule has 1 aliphatic heterocycles. The van der Waals surface area contributed by atoms with Crippen molar-refractivity contribution >= 4 is 49.9 Å². The molecule has 0 aromatic heterocycles. The van der Waals surface area contributed by atoms with Gasteiger partial charge in [0.15, 0.2) is 11.4 Å². The standard InChI is InChI=1S/C19H16ClF3N4O3S2/c1-31-18(25-10-24)26-12-8-13(19(21,22)23)17(14(20)9-12)11-3-4-16-15(7-11)27(5-6-30-16)32(2,28)29/h3-4,7-9H,5-6H2,1-2H3,(H,25,26). The van der Waals surface area contributed by atoms with Crippen molar-refractivity contribution in [2.24, 2.45) is 4.99 Å². The number of nitrogens with zero attached hydrogens (tertiary/aromatic N) is 3. The lowest BCUT2D eigenvalue weighted by molar-refractivity contribution is -0.137. The molecular formula is C19H16ClF3N4O3S2. The van der Waals surface area contributed by atoms with Gasteiger partial charge >= 0.3 is 6.18 Å². The zero-order valence-electron chi connectivity index (χ0n) is 16.7. The molecule has 0 fully saturated rings. The highest BCUT2D eigenvalue weighted by Gasteiger charge is 2.36. The number of benzene rings is 2. The molecule has 3 rings (SSSR count). The lowest BCUT2D eigenvalue weighted by Crippen LogP contribution is -2.37. The van der Waals surface area contributed by atoms with Crippen LogP contribution in [0.1, 0.15) is 5.56 Å². The summed E-state index contributed by atoms with van der Waals surface area (Å²) in [5.41, 5.74) is -1.28. The summed E-state index contributed by atoms with van der Waals surface area (Å²) < 4.78 is 72.7. The summed E-state index contributed by atoms with van der Waals surface area (Å²) in [4.78, 5) is 4.01. The average molecular weight is 505 g/mol. The van der Waals surface area contributed by atoms with Gasteiger partial charge in [0, 0.05) is 5.56 Å². The number of sulfonamides is 1. The molecule has 1 aliphatic rings. The number of halogens is 4. The van der Waals surface area contributed by atoms with E-state index < -0.39 is 21.8 Å². The van der Waals surface area contributed by atoms with E-state index in [4.69, 9.17) is 21.6 Å². The minimum atomic E-state index is -4.78. The van der Waals surface area contributed by atoms with E-state index in [1.54, 1.807) is 12.4 Å². The highest BCUT2D eigenvalue weighted by molar-refractivity contribution is 8.13. The number of thioether (sulfide) groups is 1. The van der Waals surface area contributed by atoms with Gasteiger partial charge in [0.05, 0.1) is 34.8 Å². The predicted octanol–water partition coefficient (Wildman–Crippen LogP) is 4.61. The molecule has 2 aromatic rings. The fourth-order valence-electron chi connectivity index (χ4n) is 3.16. The van der Waals surface area contributed by atoms with Crippen LogP contribution in [0.25, 0.3) is 11.1 Å². The fourth-order valence-corrected chi connectivity index (χ4v) is 4.73. The maximum Gasteiger partial charge on any atom is 0.417 e. The largest absolute Gasteiger partial charge is 0.489 e. The van der Waals surface area contributed by atoms with Crippen molar-refractivity contribution in [2.75, 3.05) is 30.0 Å². The molecule has 0 spiro atoms. The second-order valence-electron chi connectivity index (χ2n) is 6.57.